The average Bonchev–Trinajstić information content (AvgIpc) is 3.46. The van der Waals surface area contributed by atoms with Crippen molar-refractivity contribution in [3.63, 3.8) is 0 Å². The lowest BCUT2D eigenvalue weighted by Crippen LogP contribution is -2.28. The SMILES string of the molecule is Cc1ccccc1-n1nc2c(c1-n1cccc1)CN(C(=O)Cc1ccccc1Cl)C2. The molecule has 3 heterocycles. The zero-order chi connectivity index (χ0) is 20.7. The number of benzene rings is 2. The van der Waals surface area contributed by atoms with Crippen LogP contribution >= 0.6 is 11.6 Å². The molecule has 0 spiro atoms. The Hall–Kier alpha value is -3.31. The minimum Gasteiger partial charge on any atom is -0.332 e. The third-order valence-electron chi connectivity index (χ3n) is 5.57. The monoisotopic (exact) mass is 416 g/mol. The van der Waals surface area contributed by atoms with Crippen LogP contribution in [0, 0.1) is 6.92 Å². The molecule has 5 nitrogen and oxygen atoms in total. The summed E-state index contributed by atoms with van der Waals surface area (Å²) in [4.78, 5) is 14.8. The van der Waals surface area contributed by atoms with Gasteiger partial charge in [0, 0.05) is 23.0 Å². The molecule has 0 aliphatic carbocycles. The van der Waals surface area contributed by atoms with Crippen LogP contribution in [0.1, 0.15) is 22.4 Å². The van der Waals surface area contributed by atoms with Crippen LogP contribution in [0.15, 0.2) is 73.1 Å². The molecule has 0 bridgehead atoms. The van der Waals surface area contributed by atoms with Crippen molar-refractivity contribution in [2.45, 2.75) is 26.4 Å². The summed E-state index contributed by atoms with van der Waals surface area (Å²) in [5.74, 6) is 1.04. The molecule has 30 heavy (non-hydrogen) atoms. The molecule has 2 aromatic carbocycles. The maximum Gasteiger partial charge on any atom is 0.227 e. The maximum atomic E-state index is 13.0. The average molecular weight is 417 g/mol. The second-order valence-corrected chi connectivity index (χ2v) is 7.96. The minimum atomic E-state index is 0.0574. The molecule has 0 radical (unpaired) electrons. The summed E-state index contributed by atoms with van der Waals surface area (Å²) in [5, 5.41) is 5.54. The van der Waals surface area contributed by atoms with Gasteiger partial charge in [0.05, 0.1) is 30.9 Å². The van der Waals surface area contributed by atoms with Crippen LogP contribution in [0.25, 0.3) is 11.5 Å². The first-order valence-electron chi connectivity index (χ1n) is 9.93. The number of fused-ring (bicyclic) bond motifs is 1. The number of nitrogens with zero attached hydrogens (tertiary/aromatic N) is 4. The van der Waals surface area contributed by atoms with Crippen LogP contribution < -0.4 is 0 Å². The van der Waals surface area contributed by atoms with E-state index in [9.17, 15) is 4.79 Å². The normalized spacial score (nSPS) is 12.9. The van der Waals surface area contributed by atoms with E-state index in [1.807, 2.05) is 70.5 Å². The third kappa shape index (κ3) is 3.21. The number of halogens is 1. The van der Waals surface area contributed by atoms with Gasteiger partial charge < -0.3 is 9.47 Å². The number of aryl methyl sites for hydroxylation is 1. The lowest BCUT2D eigenvalue weighted by Gasteiger charge is -2.18. The predicted molar refractivity (Wildman–Crippen MR) is 117 cm³/mol. The number of aromatic nitrogens is 3. The summed E-state index contributed by atoms with van der Waals surface area (Å²) in [6.45, 7) is 3.13. The van der Waals surface area contributed by atoms with E-state index in [2.05, 4.69) is 23.6 Å². The van der Waals surface area contributed by atoms with E-state index in [4.69, 9.17) is 16.7 Å². The molecule has 1 aliphatic heterocycles. The van der Waals surface area contributed by atoms with E-state index in [0.717, 1.165) is 33.9 Å². The first kappa shape index (κ1) is 18.7. The largest absolute Gasteiger partial charge is 0.332 e. The van der Waals surface area contributed by atoms with E-state index in [1.54, 1.807) is 0 Å². The Morgan fingerprint density at radius 1 is 1.00 bits per heavy atom. The minimum absolute atomic E-state index is 0.0574. The van der Waals surface area contributed by atoms with Crippen molar-refractivity contribution < 1.29 is 4.79 Å². The number of carbonyl (C=O) groups is 1. The number of amides is 1. The molecule has 0 fully saturated rings. The van der Waals surface area contributed by atoms with Gasteiger partial charge in [-0.3, -0.25) is 4.79 Å². The van der Waals surface area contributed by atoms with Gasteiger partial charge in [-0.2, -0.15) is 5.10 Å². The molecule has 6 heteroatoms. The Morgan fingerprint density at radius 2 is 1.73 bits per heavy atom. The summed E-state index contributed by atoms with van der Waals surface area (Å²) >= 11 is 6.25. The summed E-state index contributed by atoms with van der Waals surface area (Å²) in [5.41, 5.74) is 5.07. The molecular weight excluding hydrogens is 396 g/mol. The van der Waals surface area contributed by atoms with E-state index in [-0.39, 0.29) is 5.91 Å². The predicted octanol–water partition coefficient (Wildman–Crippen LogP) is 4.71. The second-order valence-electron chi connectivity index (χ2n) is 7.56. The third-order valence-corrected chi connectivity index (χ3v) is 5.94. The molecule has 0 saturated carbocycles. The standard InChI is InChI=1S/C24H21ClN4O/c1-17-8-2-5-11-22(17)29-24(27-12-6-7-13-27)19-15-28(16-21(19)26-29)23(30)14-18-9-3-4-10-20(18)25/h2-13H,14-16H2,1H3. The lowest BCUT2D eigenvalue weighted by atomic mass is 10.1. The highest BCUT2D eigenvalue weighted by Gasteiger charge is 2.31. The van der Waals surface area contributed by atoms with Crippen molar-refractivity contribution >= 4 is 17.5 Å². The molecule has 5 rings (SSSR count). The van der Waals surface area contributed by atoms with E-state index in [0.29, 0.717) is 24.5 Å². The number of hydrogen-bond acceptors (Lipinski definition) is 2. The van der Waals surface area contributed by atoms with Gasteiger partial charge in [0.2, 0.25) is 5.91 Å². The first-order valence-corrected chi connectivity index (χ1v) is 10.3. The van der Waals surface area contributed by atoms with Crippen LogP contribution in [0.2, 0.25) is 5.02 Å². The summed E-state index contributed by atoms with van der Waals surface area (Å²) in [6, 6.07) is 19.7. The quantitative estimate of drug-likeness (QED) is 0.483. The Labute approximate surface area is 180 Å². The van der Waals surface area contributed by atoms with E-state index < -0.39 is 0 Å². The van der Waals surface area contributed by atoms with Crippen LogP contribution in [-0.4, -0.2) is 25.2 Å². The van der Waals surface area contributed by atoms with E-state index in [1.165, 1.54) is 0 Å². The first-order chi connectivity index (χ1) is 14.6. The van der Waals surface area contributed by atoms with Gasteiger partial charge in [-0.15, -0.1) is 0 Å². The van der Waals surface area contributed by atoms with Gasteiger partial charge >= 0.3 is 0 Å². The molecule has 2 aromatic heterocycles. The molecule has 4 aromatic rings. The van der Waals surface area contributed by atoms with Gasteiger partial charge in [0.25, 0.3) is 0 Å². The molecule has 0 N–H and O–H groups in total. The topological polar surface area (TPSA) is 43.1 Å². The van der Waals surface area contributed by atoms with Crippen molar-refractivity contribution in [3.05, 3.63) is 100 Å². The zero-order valence-corrected chi connectivity index (χ0v) is 17.4. The molecule has 1 aliphatic rings. The Kier molecular flexibility index (Phi) is 4.68. The lowest BCUT2D eigenvalue weighted by molar-refractivity contribution is -0.131. The fraction of sp³-hybridized carbons (Fsp3) is 0.167. The highest BCUT2D eigenvalue weighted by molar-refractivity contribution is 6.31. The number of para-hydroxylation sites is 1. The molecule has 0 atom stereocenters. The number of rotatable bonds is 4. The van der Waals surface area contributed by atoms with Crippen molar-refractivity contribution in [2.75, 3.05) is 0 Å². The van der Waals surface area contributed by atoms with Gasteiger partial charge in [0.1, 0.15) is 5.82 Å². The van der Waals surface area contributed by atoms with Gasteiger partial charge in [-0.1, -0.05) is 48.0 Å². The van der Waals surface area contributed by atoms with Gasteiger partial charge in [0.15, 0.2) is 0 Å². The molecule has 0 unspecified atom stereocenters. The zero-order valence-electron chi connectivity index (χ0n) is 16.6. The fourth-order valence-electron chi connectivity index (χ4n) is 4.00. The highest BCUT2D eigenvalue weighted by atomic mass is 35.5. The summed E-state index contributed by atoms with van der Waals surface area (Å²) < 4.78 is 4.07. The molecule has 150 valence electrons. The smallest absolute Gasteiger partial charge is 0.227 e. The van der Waals surface area contributed by atoms with Crippen LogP contribution in [0.5, 0.6) is 0 Å². The summed E-state index contributed by atoms with van der Waals surface area (Å²) in [7, 11) is 0. The van der Waals surface area contributed by atoms with Crippen molar-refractivity contribution in [2.24, 2.45) is 0 Å². The van der Waals surface area contributed by atoms with Crippen molar-refractivity contribution in [3.8, 4) is 11.5 Å². The Balaban J connectivity index is 1.49. The van der Waals surface area contributed by atoms with Crippen molar-refractivity contribution in [1.29, 1.82) is 0 Å². The second kappa shape index (κ2) is 7.50. The van der Waals surface area contributed by atoms with Crippen molar-refractivity contribution in [1.82, 2.24) is 19.2 Å². The Bertz CT molecular complexity index is 1230. The van der Waals surface area contributed by atoms with Gasteiger partial charge in [-0.05, 0) is 42.3 Å². The highest BCUT2D eigenvalue weighted by Crippen LogP contribution is 2.32. The van der Waals surface area contributed by atoms with Crippen LogP contribution in [-0.2, 0) is 24.3 Å². The van der Waals surface area contributed by atoms with Crippen LogP contribution in [0.4, 0.5) is 0 Å². The Morgan fingerprint density at radius 3 is 2.50 bits per heavy atom. The summed E-state index contributed by atoms with van der Waals surface area (Å²) in [6.07, 6.45) is 4.32. The number of hydrogen-bond donors (Lipinski definition) is 0. The van der Waals surface area contributed by atoms with E-state index >= 15 is 0 Å². The molecule has 0 saturated heterocycles. The van der Waals surface area contributed by atoms with Gasteiger partial charge in [-0.25, -0.2) is 4.68 Å². The molecule has 1 amide bonds. The molecular formula is C24H21ClN4O. The maximum absolute atomic E-state index is 13.0. The van der Waals surface area contributed by atoms with Crippen LogP contribution in [0.3, 0.4) is 0 Å². The fourth-order valence-corrected chi connectivity index (χ4v) is 4.21. The number of carbonyl (C=O) groups excluding carboxylic acids is 1.